The maximum Gasteiger partial charge on any atom is 0.179 e. The number of nitrogens with zero attached hydrogens (tertiary/aromatic N) is 8. The van der Waals surface area contributed by atoms with Crippen molar-refractivity contribution in [2.24, 2.45) is 5.92 Å². The highest BCUT2D eigenvalue weighted by Crippen LogP contribution is 2.34. The van der Waals surface area contributed by atoms with Crippen LogP contribution in [0.2, 0.25) is 0 Å². The Kier molecular flexibility index (Phi) is 3.70. The number of aromatic nitrogens is 6. The van der Waals surface area contributed by atoms with E-state index in [0.717, 1.165) is 54.1 Å². The Bertz CT molecular complexity index is 1020. The van der Waals surface area contributed by atoms with E-state index in [9.17, 15) is 5.26 Å². The van der Waals surface area contributed by atoms with Gasteiger partial charge in [-0.3, -0.25) is 4.68 Å². The van der Waals surface area contributed by atoms with Crippen LogP contribution in [0.1, 0.15) is 31.7 Å². The smallest absolute Gasteiger partial charge is 0.179 e. The molecule has 2 aliphatic rings. The number of fused-ring (bicyclic) bond motifs is 1. The van der Waals surface area contributed by atoms with E-state index in [1.54, 1.807) is 4.90 Å². The van der Waals surface area contributed by atoms with Gasteiger partial charge in [0.1, 0.15) is 17.8 Å². The third kappa shape index (κ3) is 2.87. The van der Waals surface area contributed by atoms with Gasteiger partial charge in [0.05, 0.1) is 24.2 Å². The molecule has 0 radical (unpaired) electrons. The van der Waals surface area contributed by atoms with Gasteiger partial charge < -0.3 is 10.6 Å². The van der Waals surface area contributed by atoms with Crippen LogP contribution in [0.25, 0.3) is 22.3 Å². The van der Waals surface area contributed by atoms with Crippen LogP contribution in [0.15, 0.2) is 18.7 Å². The number of likely N-dealkylation sites (tertiary alicyclic amines) is 1. The van der Waals surface area contributed by atoms with Gasteiger partial charge in [0.15, 0.2) is 11.8 Å². The zero-order chi connectivity index (χ0) is 18.4. The van der Waals surface area contributed by atoms with Crippen LogP contribution in [-0.2, 0) is 6.54 Å². The van der Waals surface area contributed by atoms with Crippen molar-refractivity contribution < 1.29 is 0 Å². The van der Waals surface area contributed by atoms with Crippen molar-refractivity contribution in [3.8, 4) is 17.5 Å². The monoisotopic (exact) mass is 363 g/mol. The van der Waals surface area contributed by atoms with Gasteiger partial charge in [-0.05, 0) is 31.6 Å². The van der Waals surface area contributed by atoms with Gasteiger partial charge in [0.2, 0.25) is 0 Å². The molecule has 4 heterocycles. The number of hydrogen-bond acceptors (Lipinski definition) is 7. The third-order valence-electron chi connectivity index (χ3n) is 5.45. The highest BCUT2D eigenvalue weighted by Gasteiger charge is 2.27. The molecular weight excluding hydrogens is 342 g/mol. The molecule has 0 amide bonds. The van der Waals surface area contributed by atoms with Gasteiger partial charge in [-0.1, -0.05) is 0 Å². The quantitative estimate of drug-likeness (QED) is 0.703. The second-order valence-electron chi connectivity index (χ2n) is 7.49. The Morgan fingerprint density at radius 2 is 2.15 bits per heavy atom. The van der Waals surface area contributed by atoms with E-state index in [-0.39, 0.29) is 6.04 Å². The van der Waals surface area contributed by atoms with Crippen molar-refractivity contribution in [1.29, 1.82) is 5.26 Å². The average molecular weight is 363 g/mol. The van der Waals surface area contributed by atoms with Gasteiger partial charge in [-0.2, -0.15) is 15.5 Å². The van der Waals surface area contributed by atoms with Crippen molar-refractivity contribution in [3.63, 3.8) is 0 Å². The lowest BCUT2D eigenvalue weighted by Gasteiger charge is -2.28. The fraction of sp³-hybridized carbons (Fsp3) is 0.500. The van der Waals surface area contributed by atoms with Crippen LogP contribution in [0, 0.1) is 17.4 Å². The van der Waals surface area contributed by atoms with Gasteiger partial charge in [0.25, 0.3) is 0 Å². The minimum Gasteiger partial charge on any atom is -0.383 e. The van der Waals surface area contributed by atoms with Crippen molar-refractivity contribution in [1.82, 2.24) is 34.4 Å². The van der Waals surface area contributed by atoms with E-state index < -0.39 is 0 Å². The molecule has 3 aromatic heterocycles. The number of piperidine rings is 1. The summed E-state index contributed by atoms with van der Waals surface area (Å²) in [5, 5.41) is 19.4. The van der Waals surface area contributed by atoms with E-state index in [1.807, 2.05) is 21.8 Å². The Balaban J connectivity index is 1.58. The summed E-state index contributed by atoms with van der Waals surface area (Å²) in [5.41, 5.74) is 8.60. The van der Waals surface area contributed by atoms with Gasteiger partial charge >= 0.3 is 0 Å². The number of rotatable bonds is 4. The number of nitrogen functional groups attached to an aromatic ring is 1. The predicted octanol–water partition coefficient (Wildman–Crippen LogP) is 1.80. The predicted molar refractivity (Wildman–Crippen MR) is 99.1 cm³/mol. The first-order valence-electron chi connectivity index (χ1n) is 9.39. The summed E-state index contributed by atoms with van der Waals surface area (Å²) >= 11 is 0. The first-order chi connectivity index (χ1) is 13.2. The molecule has 1 aliphatic heterocycles. The number of anilines is 1. The summed E-state index contributed by atoms with van der Waals surface area (Å²) in [6.45, 7) is 2.38. The lowest BCUT2D eigenvalue weighted by molar-refractivity contribution is 0.236. The summed E-state index contributed by atoms with van der Waals surface area (Å²) in [7, 11) is 0. The van der Waals surface area contributed by atoms with Crippen LogP contribution in [-0.4, -0.2) is 47.5 Å². The molecule has 138 valence electrons. The molecule has 1 unspecified atom stereocenters. The summed E-state index contributed by atoms with van der Waals surface area (Å²) in [5.74, 6) is 1.17. The molecule has 1 aliphatic carbocycles. The van der Waals surface area contributed by atoms with Crippen LogP contribution in [0.3, 0.4) is 0 Å². The topological polar surface area (TPSA) is 114 Å². The molecule has 9 heteroatoms. The molecular formula is C18H21N9. The summed E-state index contributed by atoms with van der Waals surface area (Å²) in [6.07, 6.45) is 12.1. The zero-order valence-corrected chi connectivity index (χ0v) is 15.0. The molecule has 2 N–H and O–H groups in total. The molecule has 2 fully saturated rings. The fourth-order valence-corrected chi connectivity index (χ4v) is 3.85. The van der Waals surface area contributed by atoms with Gasteiger partial charge in [0, 0.05) is 24.8 Å². The van der Waals surface area contributed by atoms with Crippen molar-refractivity contribution in [3.05, 3.63) is 18.7 Å². The number of nitrogens with two attached hydrogens (primary N) is 1. The SMILES string of the molecule is N#CN1CCCC(n2nc(-c3cnn(CC4CC4)c3)c3c(N)ncnc32)C1. The van der Waals surface area contributed by atoms with Crippen molar-refractivity contribution in [2.75, 3.05) is 18.8 Å². The summed E-state index contributed by atoms with van der Waals surface area (Å²) in [6, 6.07) is 0.0884. The van der Waals surface area contributed by atoms with Gasteiger partial charge in [-0.25, -0.2) is 14.6 Å². The molecule has 0 spiro atoms. The Labute approximate surface area is 156 Å². The van der Waals surface area contributed by atoms with Crippen LogP contribution < -0.4 is 5.73 Å². The van der Waals surface area contributed by atoms with Crippen molar-refractivity contribution in [2.45, 2.75) is 38.3 Å². The highest BCUT2D eigenvalue weighted by atomic mass is 15.4. The molecule has 1 saturated carbocycles. The average Bonchev–Trinajstić information content (AvgIpc) is 3.23. The molecule has 0 aromatic carbocycles. The molecule has 9 nitrogen and oxygen atoms in total. The largest absolute Gasteiger partial charge is 0.383 e. The molecule has 27 heavy (non-hydrogen) atoms. The Morgan fingerprint density at radius 3 is 2.96 bits per heavy atom. The maximum atomic E-state index is 9.27. The number of hydrogen-bond donors (Lipinski definition) is 1. The van der Waals surface area contributed by atoms with Crippen molar-refractivity contribution >= 4 is 16.9 Å². The standard InChI is InChI=1S/C18H21N9/c19-10-25-5-1-2-14(9-25)27-18-15(17(20)21-11-22-18)16(24-27)13-6-23-26(8-13)7-12-3-4-12/h6,8,11-12,14H,1-5,7,9H2,(H2,20,21,22). The third-order valence-corrected chi connectivity index (χ3v) is 5.45. The minimum absolute atomic E-state index is 0.0884. The molecule has 1 saturated heterocycles. The second kappa shape index (κ2) is 6.23. The second-order valence-corrected chi connectivity index (χ2v) is 7.49. The maximum absolute atomic E-state index is 9.27. The first-order valence-corrected chi connectivity index (χ1v) is 9.39. The van der Waals surface area contributed by atoms with Crippen LogP contribution >= 0.6 is 0 Å². The Morgan fingerprint density at radius 1 is 1.26 bits per heavy atom. The summed E-state index contributed by atoms with van der Waals surface area (Å²) in [4.78, 5) is 10.4. The highest BCUT2D eigenvalue weighted by molar-refractivity contribution is 5.98. The van der Waals surface area contributed by atoms with Gasteiger partial charge in [-0.15, -0.1) is 0 Å². The molecule has 0 bridgehead atoms. The van der Waals surface area contributed by atoms with E-state index in [4.69, 9.17) is 10.8 Å². The number of nitriles is 1. The molecule has 1 atom stereocenters. The van der Waals surface area contributed by atoms with E-state index in [0.29, 0.717) is 12.4 Å². The van der Waals surface area contributed by atoms with E-state index in [2.05, 4.69) is 21.3 Å². The van der Waals surface area contributed by atoms with E-state index in [1.165, 1.54) is 19.2 Å². The molecule has 5 rings (SSSR count). The van der Waals surface area contributed by atoms with Crippen LogP contribution in [0.5, 0.6) is 0 Å². The first kappa shape index (κ1) is 16.1. The minimum atomic E-state index is 0.0884. The molecule has 3 aromatic rings. The normalized spacial score (nSPS) is 20.1. The summed E-state index contributed by atoms with van der Waals surface area (Å²) < 4.78 is 3.90. The zero-order valence-electron chi connectivity index (χ0n) is 15.0. The lowest BCUT2D eigenvalue weighted by atomic mass is 10.1. The fourth-order valence-electron chi connectivity index (χ4n) is 3.85. The Hall–Kier alpha value is -3.15. The lowest BCUT2D eigenvalue weighted by Crippen LogP contribution is -2.33. The van der Waals surface area contributed by atoms with E-state index >= 15 is 0 Å². The van der Waals surface area contributed by atoms with Crippen LogP contribution in [0.4, 0.5) is 5.82 Å².